The van der Waals surface area contributed by atoms with Gasteiger partial charge in [0, 0.05) is 20.5 Å². The molecule has 0 N–H and O–H groups in total. The smallest absolute Gasteiger partial charge is 0.142 e. The van der Waals surface area contributed by atoms with E-state index in [1.165, 1.54) is 30.4 Å². The van der Waals surface area contributed by atoms with Crippen LogP contribution in [0.25, 0.3) is 31.0 Å². The zero-order valence-electron chi connectivity index (χ0n) is 14.1. The summed E-state index contributed by atoms with van der Waals surface area (Å²) in [4.78, 5) is 7.24. The number of thiophene rings is 1. The Labute approximate surface area is 149 Å². The summed E-state index contributed by atoms with van der Waals surface area (Å²) >= 11 is 3.61. The van der Waals surface area contributed by atoms with Crippen LogP contribution in [0, 0.1) is 20.8 Å². The van der Waals surface area contributed by atoms with Crippen molar-refractivity contribution in [2.75, 3.05) is 0 Å². The van der Waals surface area contributed by atoms with Crippen molar-refractivity contribution in [1.29, 1.82) is 0 Å². The van der Waals surface area contributed by atoms with Crippen molar-refractivity contribution in [2.45, 2.75) is 34.1 Å². The lowest BCUT2D eigenvalue weighted by Crippen LogP contribution is -1.83. The lowest BCUT2D eigenvalue weighted by Gasteiger charge is -2.03. The van der Waals surface area contributed by atoms with Crippen molar-refractivity contribution in [3.8, 4) is 20.9 Å². The van der Waals surface area contributed by atoms with Gasteiger partial charge in [-0.05, 0) is 33.3 Å². The average Bonchev–Trinajstić information content (AvgIpc) is 3.22. The molecule has 1 aromatic carbocycles. The molecule has 0 spiro atoms. The lowest BCUT2D eigenvalue weighted by molar-refractivity contribution is 0.393. The van der Waals surface area contributed by atoms with Gasteiger partial charge < -0.3 is 4.52 Å². The maximum atomic E-state index is 5.44. The predicted molar refractivity (Wildman–Crippen MR) is 102 cm³/mol. The molecule has 0 amide bonds. The summed E-state index contributed by atoms with van der Waals surface area (Å²) in [5.41, 5.74) is 4.45. The highest BCUT2D eigenvalue weighted by Crippen LogP contribution is 2.48. The van der Waals surface area contributed by atoms with Crippen molar-refractivity contribution in [3.05, 3.63) is 46.4 Å². The standard InChI is InChI=1S/C19H18N2OS2/c1-5-15-20-11(3)18(24-15)17-13-8-6-7-9-14(13)23-19(17)16-10(2)21-22-12(16)4/h6-9H,5H2,1-4H3. The van der Waals surface area contributed by atoms with Gasteiger partial charge in [-0.15, -0.1) is 22.7 Å². The number of aromatic nitrogens is 2. The Morgan fingerprint density at radius 2 is 1.75 bits per heavy atom. The molecule has 0 aliphatic heterocycles. The molecular formula is C19H18N2OS2. The van der Waals surface area contributed by atoms with Gasteiger partial charge >= 0.3 is 0 Å². The van der Waals surface area contributed by atoms with E-state index in [-0.39, 0.29) is 0 Å². The number of nitrogens with zero attached hydrogens (tertiary/aromatic N) is 2. The first-order chi connectivity index (χ1) is 11.6. The van der Waals surface area contributed by atoms with E-state index in [0.29, 0.717) is 0 Å². The van der Waals surface area contributed by atoms with Crippen molar-refractivity contribution < 1.29 is 4.52 Å². The highest BCUT2D eigenvalue weighted by Gasteiger charge is 2.23. The summed E-state index contributed by atoms with van der Waals surface area (Å²) in [5, 5.41) is 6.63. The van der Waals surface area contributed by atoms with Crippen LogP contribution >= 0.6 is 22.7 Å². The number of rotatable bonds is 3. The molecule has 3 heterocycles. The Balaban J connectivity index is 2.09. The quantitative estimate of drug-likeness (QED) is 0.442. The van der Waals surface area contributed by atoms with Crippen LogP contribution in [0.2, 0.25) is 0 Å². The molecule has 0 aliphatic carbocycles. The van der Waals surface area contributed by atoms with Gasteiger partial charge in [0.15, 0.2) is 0 Å². The highest BCUT2D eigenvalue weighted by atomic mass is 32.1. The minimum Gasteiger partial charge on any atom is -0.361 e. The molecule has 0 atom stereocenters. The highest BCUT2D eigenvalue weighted by molar-refractivity contribution is 7.24. The molecule has 24 heavy (non-hydrogen) atoms. The summed E-state index contributed by atoms with van der Waals surface area (Å²) in [7, 11) is 0. The number of fused-ring (bicyclic) bond motifs is 1. The summed E-state index contributed by atoms with van der Waals surface area (Å²) < 4.78 is 6.72. The molecule has 5 heteroatoms. The van der Waals surface area contributed by atoms with E-state index >= 15 is 0 Å². The van der Waals surface area contributed by atoms with E-state index < -0.39 is 0 Å². The Morgan fingerprint density at radius 3 is 2.42 bits per heavy atom. The third kappa shape index (κ3) is 2.31. The van der Waals surface area contributed by atoms with Crippen molar-refractivity contribution in [2.24, 2.45) is 0 Å². The fourth-order valence-electron chi connectivity index (χ4n) is 3.09. The van der Waals surface area contributed by atoms with Gasteiger partial charge in [-0.1, -0.05) is 30.3 Å². The minimum atomic E-state index is 0.873. The molecule has 0 bridgehead atoms. The molecule has 122 valence electrons. The molecule has 4 rings (SSSR count). The van der Waals surface area contributed by atoms with Gasteiger partial charge in [-0.25, -0.2) is 4.98 Å². The summed E-state index contributed by atoms with van der Waals surface area (Å²) in [6, 6.07) is 8.58. The Kier molecular flexibility index (Phi) is 3.77. The second-order valence-electron chi connectivity index (χ2n) is 5.88. The number of thiazole rings is 1. The van der Waals surface area contributed by atoms with Crippen LogP contribution in [0.4, 0.5) is 0 Å². The van der Waals surface area contributed by atoms with E-state index in [1.807, 2.05) is 25.2 Å². The van der Waals surface area contributed by atoms with E-state index in [0.717, 1.165) is 29.1 Å². The molecule has 4 aromatic rings. The van der Waals surface area contributed by atoms with Crippen LogP contribution < -0.4 is 0 Å². The second-order valence-corrected chi connectivity index (χ2v) is 8.01. The number of hydrogen-bond donors (Lipinski definition) is 0. The minimum absolute atomic E-state index is 0.873. The Morgan fingerprint density at radius 1 is 0.958 bits per heavy atom. The largest absolute Gasteiger partial charge is 0.361 e. The van der Waals surface area contributed by atoms with Crippen LogP contribution in [0.1, 0.15) is 29.1 Å². The molecule has 0 aliphatic rings. The van der Waals surface area contributed by atoms with E-state index in [1.54, 1.807) is 11.3 Å². The first-order valence-corrected chi connectivity index (χ1v) is 9.65. The molecule has 0 fully saturated rings. The van der Waals surface area contributed by atoms with Crippen LogP contribution in [0.15, 0.2) is 28.8 Å². The third-order valence-electron chi connectivity index (χ3n) is 4.23. The topological polar surface area (TPSA) is 38.9 Å². The van der Waals surface area contributed by atoms with Gasteiger partial charge in [0.25, 0.3) is 0 Å². The molecular weight excluding hydrogens is 336 g/mol. The van der Waals surface area contributed by atoms with Gasteiger partial charge in [0.2, 0.25) is 0 Å². The first-order valence-electron chi connectivity index (χ1n) is 8.01. The first kappa shape index (κ1) is 15.5. The van der Waals surface area contributed by atoms with Gasteiger partial charge in [-0.2, -0.15) is 0 Å². The fraction of sp³-hybridized carbons (Fsp3) is 0.263. The zero-order valence-corrected chi connectivity index (χ0v) is 15.8. The zero-order chi connectivity index (χ0) is 16.8. The van der Waals surface area contributed by atoms with Crippen molar-refractivity contribution in [3.63, 3.8) is 0 Å². The predicted octanol–water partition coefficient (Wildman–Crippen LogP) is 6.17. The van der Waals surface area contributed by atoms with Crippen LogP contribution in [-0.2, 0) is 6.42 Å². The molecule has 0 saturated carbocycles. The van der Waals surface area contributed by atoms with Crippen molar-refractivity contribution in [1.82, 2.24) is 10.1 Å². The average molecular weight is 355 g/mol. The summed E-state index contributed by atoms with van der Waals surface area (Å²) in [5.74, 6) is 0.873. The van der Waals surface area contributed by atoms with Crippen LogP contribution in [0.3, 0.4) is 0 Å². The van der Waals surface area contributed by atoms with Gasteiger partial charge in [-0.3, -0.25) is 0 Å². The summed E-state index contributed by atoms with van der Waals surface area (Å²) in [6.07, 6.45) is 0.966. The molecule has 0 radical (unpaired) electrons. The molecule has 3 nitrogen and oxygen atoms in total. The third-order valence-corrected chi connectivity index (χ3v) is 6.73. The van der Waals surface area contributed by atoms with E-state index in [2.05, 4.69) is 43.3 Å². The SMILES string of the molecule is CCc1nc(C)c(-c2c(-c3c(C)noc3C)sc3ccccc23)s1. The van der Waals surface area contributed by atoms with Gasteiger partial charge in [0.1, 0.15) is 5.76 Å². The molecule has 3 aromatic heterocycles. The summed E-state index contributed by atoms with van der Waals surface area (Å²) in [6.45, 7) is 8.26. The van der Waals surface area contributed by atoms with Crippen LogP contribution in [-0.4, -0.2) is 10.1 Å². The molecule has 0 unspecified atom stereocenters. The fourth-order valence-corrected chi connectivity index (χ4v) is 5.58. The normalized spacial score (nSPS) is 11.5. The van der Waals surface area contributed by atoms with E-state index in [9.17, 15) is 0 Å². The maximum Gasteiger partial charge on any atom is 0.142 e. The Bertz CT molecular complexity index is 1020. The van der Waals surface area contributed by atoms with Gasteiger partial charge in [0.05, 0.1) is 26.8 Å². The molecule has 0 saturated heterocycles. The van der Waals surface area contributed by atoms with E-state index in [4.69, 9.17) is 9.51 Å². The maximum absolute atomic E-state index is 5.44. The number of aryl methyl sites for hydroxylation is 4. The lowest BCUT2D eigenvalue weighted by atomic mass is 10.0. The number of benzene rings is 1. The monoisotopic (exact) mass is 354 g/mol. The van der Waals surface area contributed by atoms with Crippen LogP contribution in [0.5, 0.6) is 0 Å². The number of hydrogen-bond acceptors (Lipinski definition) is 5. The van der Waals surface area contributed by atoms with Crippen molar-refractivity contribution >= 4 is 32.8 Å². The Hall–Kier alpha value is -1.98. The second kappa shape index (κ2) is 5.83.